The molecule has 154 valence electrons. The molecule has 3 aromatic rings. The smallest absolute Gasteiger partial charge is 0.233 e. The molecule has 1 aliphatic heterocycles. The highest BCUT2D eigenvalue weighted by molar-refractivity contribution is 7.99. The summed E-state index contributed by atoms with van der Waals surface area (Å²) in [6, 6.07) is 7.85. The number of rotatable bonds is 8. The van der Waals surface area contributed by atoms with Gasteiger partial charge in [0, 0.05) is 13.7 Å². The van der Waals surface area contributed by atoms with Crippen LogP contribution >= 0.6 is 23.1 Å². The third kappa shape index (κ3) is 4.91. The van der Waals surface area contributed by atoms with Gasteiger partial charge in [-0.3, -0.25) is 9.36 Å². The Morgan fingerprint density at radius 2 is 2.28 bits per heavy atom. The summed E-state index contributed by atoms with van der Waals surface area (Å²) in [7, 11) is 1.79. The lowest BCUT2D eigenvalue weighted by Crippen LogP contribution is -2.27. The van der Waals surface area contributed by atoms with Crippen LogP contribution in [0.5, 0.6) is 0 Å². The molecule has 1 saturated heterocycles. The summed E-state index contributed by atoms with van der Waals surface area (Å²) in [5, 5.41) is 11.6. The molecular weight excluding hydrogens is 408 g/mol. The molecule has 7 nitrogen and oxygen atoms in total. The summed E-state index contributed by atoms with van der Waals surface area (Å²) in [5.41, 5.74) is 0. The van der Waals surface area contributed by atoms with E-state index in [4.69, 9.17) is 9.15 Å². The minimum atomic E-state index is 0.0217. The van der Waals surface area contributed by atoms with Crippen molar-refractivity contribution in [3.8, 4) is 10.7 Å². The zero-order chi connectivity index (χ0) is 20.2. The molecule has 4 rings (SSSR count). The van der Waals surface area contributed by atoms with Gasteiger partial charge in [0.05, 0.1) is 29.8 Å². The number of aryl methyl sites for hydroxylation is 1. The standard InChI is InChI=1S/C20H24N4O3S2/c1-14-7-8-16(27-14)11-23(2)18(25)13-29-20-22-21-19(17-6-4-10-28-17)24(20)12-15-5-3-9-26-15/h4,6-8,10,15H,3,5,9,11-13H2,1-2H3. The predicted octanol–water partition coefficient (Wildman–Crippen LogP) is 3.84. The lowest BCUT2D eigenvalue weighted by Gasteiger charge is -2.16. The Labute approximate surface area is 178 Å². The number of nitrogens with zero attached hydrogens (tertiary/aromatic N) is 4. The number of hydrogen-bond acceptors (Lipinski definition) is 7. The average molecular weight is 433 g/mol. The van der Waals surface area contributed by atoms with E-state index >= 15 is 0 Å². The van der Waals surface area contributed by atoms with Crippen molar-refractivity contribution in [3.63, 3.8) is 0 Å². The largest absolute Gasteiger partial charge is 0.464 e. The van der Waals surface area contributed by atoms with Gasteiger partial charge >= 0.3 is 0 Å². The van der Waals surface area contributed by atoms with E-state index in [-0.39, 0.29) is 12.0 Å². The molecular formula is C20H24N4O3S2. The SMILES string of the molecule is Cc1ccc(CN(C)C(=O)CSc2nnc(-c3cccs3)n2CC2CCCO2)o1. The number of carbonyl (C=O) groups is 1. The van der Waals surface area contributed by atoms with Crippen LogP contribution in [-0.2, 0) is 22.6 Å². The van der Waals surface area contributed by atoms with E-state index < -0.39 is 0 Å². The minimum absolute atomic E-state index is 0.0217. The van der Waals surface area contributed by atoms with Crippen molar-refractivity contribution in [1.29, 1.82) is 0 Å². The lowest BCUT2D eigenvalue weighted by atomic mass is 10.2. The monoisotopic (exact) mass is 432 g/mol. The number of thioether (sulfide) groups is 1. The highest BCUT2D eigenvalue weighted by Crippen LogP contribution is 2.29. The summed E-state index contributed by atoms with van der Waals surface area (Å²) in [5.74, 6) is 2.78. The second-order valence-corrected chi connectivity index (χ2v) is 8.97. The summed E-state index contributed by atoms with van der Waals surface area (Å²) in [6.07, 6.45) is 2.29. The van der Waals surface area contributed by atoms with Crippen molar-refractivity contribution in [2.45, 2.75) is 44.1 Å². The van der Waals surface area contributed by atoms with Gasteiger partial charge in [-0.1, -0.05) is 17.8 Å². The third-order valence-corrected chi connectivity index (χ3v) is 6.63. The van der Waals surface area contributed by atoms with Crippen LogP contribution in [0.25, 0.3) is 10.7 Å². The molecule has 4 heterocycles. The molecule has 0 radical (unpaired) electrons. The molecule has 1 aliphatic rings. The van der Waals surface area contributed by atoms with Gasteiger partial charge in [-0.25, -0.2) is 0 Å². The van der Waals surface area contributed by atoms with Gasteiger partial charge in [-0.15, -0.1) is 21.5 Å². The molecule has 1 atom stereocenters. The first kappa shape index (κ1) is 20.2. The maximum atomic E-state index is 12.6. The van der Waals surface area contributed by atoms with Crippen LogP contribution in [0.4, 0.5) is 0 Å². The molecule has 3 aromatic heterocycles. The Hall–Kier alpha value is -2.10. The minimum Gasteiger partial charge on any atom is -0.464 e. The van der Waals surface area contributed by atoms with Gasteiger partial charge in [0.15, 0.2) is 11.0 Å². The van der Waals surface area contributed by atoms with Gasteiger partial charge in [-0.05, 0) is 43.3 Å². The Balaban J connectivity index is 1.44. The van der Waals surface area contributed by atoms with Crippen LogP contribution in [-0.4, -0.2) is 51.1 Å². The Morgan fingerprint density at radius 1 is 1.38 bits per heavy atom. The molecule has 0 spiro atoms. The van der Waals surface area contributed by atoms with Gasteiger partial charge in [0.2, 0.25) is 5.91 Å². The topological polar surface area (TPSA) is 73.4 Å². The van der Waals surface area contributed by atoms with E-state index in [0.717, 1.165) is 46.8 Å². The van der Waals surface area contributed by atoms with Crippen LogP contribution in [0, 0.1) is 6.92 Å². The van der Waals surface area contributed by atoms with Crippen LogP contribution in [0.1, 0.15) is 24.4 Å². The van der Waals surface area contributed by atoms with Crippen LogP contribution < -0.4 is 0 Å². The Morgan fingerprint density at radius 3 is 2.97 bits per heavy atom. The Bertz CT molecular complexity index is 945. The fourth-order valence-corrected chi connectivity index (χ4v) is 4.87. The van der Waals surface area contributed by atoms with E-state index in [1.807, 2.05) is 36.6 Å². The third-order valence-electron chi connectivity index (χ3n) is 4.81. The van der Waals surface area contributed by atoms with Gasteiger partial charge in [0.25, 0.3) is 0 Å². The molecule has 0 saturated carbocycles. The first-order valence-corrected chi connectivity index (χ1v) is 11.5. The normalized spacial score (nSPS) is 16.4. The van der Waals surface area contributed by atoms with Crippen molar-refractivity contribution in [2.75, 3.05) is 19.4 Å². The molecule has 1 fully saturated rings. The first-order valence-electron chi connectivity index (χ1n) is 9.61. The maximum Gasteiger partial charge on any atom is 0.233 e. The molecule has 9 heteroatoms. The molecule has 0 aromatic carbocycles. The van der Waals surface area contributed by atoms with Gasteiger partial charge in [0.1, 0.15) is 11.5 Å². The Kier molecular flexibility index (Phi) is 6.37. The number of ether oxygens (including phenoxy) is 1. The van der Waals surface area contributed by atoms with E-state index in [1.165, 1.54) is 11.8 Å². The van der Waals surface area contributed by atoms with Crippen molar-refractivity contribution in [2.24, 2.45) is 0 Å². The van der Waals surface area contributed by atoms with Gasteiger partial charge in [-0.2, -0.15) is 0 Å². The lowest BCUT2D eigenvalue weighted by molar-refractivity contribution is -0.127. The van der Waals surface area contributed by atoms with Crippen molar-refractivity contribution < 1.29 is 13.9 Å². The highest BCUT2D eigenvalue weighted by atomic mass is 32.2. The predicted molar refractivity (Wildman–Crippen MR) is 113 cm³/mol. The quantitative estimate of drug-likeness (QED) is 0.504. The number of carbonyl (C=O) groups excluding carboxylic acids is 1. The summed E-state index contributed by atoms with van der Waals surface area (Å²) < 4.78 is 13.5. The average Bonchev–Trinajstić information content (AvgIpc) is 3.49. The summed E-state index contributed by atoms with van der Waals surface area (Å²) in [6.45, 7) is 3.86. The summed E-state index contributed by atoms with van der Waals surface area (Å²) in [4.78, 5) is 15.3. The number of aromatic nitrogens is 3. The highest BCUT2D eigenvalue weighted by Gasteiger charge is 2.23. The first-order chi connectivity index (χ1) is 14.1. The molecule has 29 heavy (non-hydrogen) atoms. The molecule has 1 unspecified atom stereocenters. The maximum absolute atomic E-state index is 12.6. The van der Waals surface area contributed by atoms with Crippen LogP contribution in [0.2, 0.25) is 0 Å². The molecule has 0 N–H and O–H groups in total. The molecule has 0 aliphatic carbocycles. The van der Waals surface area contributed by atoms with Crippen LogP contribution in [0.15, 0.2) is 39.2 Å². The molecule has 0 bridgehead atoms. The fraction of sp³-hybridized carbons (Fsp3) is 0.450. The second-order valence-electron chi connectivity index (χ2n) is 7.08. The number of amides is 1. The van der Waals surface area contributed by atoms with E-state index in [1.54, 1.807) is 23.3 Å². The van der Waals surface area contributed by atoms with E-state index in [0.29, 0.717) is 18.8 Å². The van der Waals surface area contributed by atoms with Crippen molar-refractivity contribution >= 4 is 29.0 Å². The van der Waals surface area contributed by atoms with Gasteiger partial charge < -0.3 is 14.1 Å². The molecule has 1 amide bonds. The number of hydrogen-bond donors (Lipinski definition) is 0. The van der Waals surface area contributed by atoms with E-state index in [9.17, 15) is 4.79 Å². The zero-order valence-corrected chi connectivity index (χ0v) is 18.2. The van der Waals surface area contributed by atoms with E-state index in [2.05, 4.69) is 14.8 Å². The summed E-state index contributed by atoms with van der Waals surface area (Å²) >= 11 is 3.05. The zero-order valence-electron chi connectivity index (χ0n) is 16.5. The van der Waals surface area contributed by atoms with Crippen molar-refractivity contribution in [1.82, 2.24) is 19.7 Å². The number of thiophene rings is 1. The van der Waals surface area contributed by atoms with Crippen LogP contribution in [0.3, 0.4) is 0 Å². The fourth-order valence-electron chi connectivity index (χ4n) is 3.27. The number of furan rings is 1. The van der Waals surface area contributed by atoms with Crippen molar-refractivity contribution in [3.05, 3.63) is 41.2 Å². The second kappa shape index (κ2) is 9.15.